The van der Waals surface area contributed by atoms with Gasteiger partial charge in [-0.25, -0.2) is 0 Å². The van der Waals surface area contributed by atoms with E-state index in [2.05, 4.69) is 36.5 Å². The fourth-order valence-electron chi connectivity index (χ4n) is 3.99. The zero-order valence-electron chi connectivity index (χ0n) is 18.0. The van der Waals surface area contributed by atoms with Gasteiger partial charge in [-0.05, 0) is 62.7 Å². The molecule has 6 N–H and O–H groups in total. The van der Waals surface area contributed by atoms with Gasteiger partial charge in [-0.3, -0.25) is 4.79 Å². The molecule has 6 nitrogen and oxygen atoms in total. The Hall–Kier alpha value is -2.99. The predicted molar refractivity (Wildman–Crippen MR) is 125 cm³/mol. The van der Waals surface area contributed by atoms with Gasteiger partial charge >= 0.3 is 0 Å². The number of nitrogen functional groups attached to an aromatic ring is 1. The number of aromatic nitrogens is 1. The minimum Gasteiger partial charge on any atom is -0.507 e. The lowest BCUT2D eigenvalue weighted by Gasteiger charge is -2.24. The molecule has 162 valence electrons. The predicted octanol–water partition coefficient (Wildman–Crippen LogP) is 3.97. The van der Waals surface area contributed by atoms with Crippen LogP contribution >= 0.6 is 0 Å². The summed E-state index contributed by atoms with van der Waals surface area (Å²) in [5.41, 5.74) is 15.6. The van der Waals surface area contributed by atoms with Crippen molar-refractivity contribution < 1.29 is 9.90 Å². The Kier molecular flexibility index (Phi) is 8.74. The topological polar surface area (TPSA) is 108 Å². The number of nitrogens with two attached hydrogens (primary N) is 2. The highest BCUT2D eigenvalue weighted by Gasteiger charge is 2.30. The number of hydrogen-bond donors (Lipinski definition) is 4. The van der Waals surface area contributed by atoms with Crippen LogP contribution in [0.5, 0.6) is 5.75 Å². The average molecular weight is 411 g/mol. The molecule has 3 rings (SSSR count). The first-order chi connectivity index (χ1) is 14.4. The number of carbonyl (C=O) groups excluding carboxylic acids is 1. The summed E-state index contributed by atoms with van der Waals surface area (Å²) in [5.74, 6) is 1.98. The van der Waals surface area contributed by atoms with Gasteiger partial charge in [0.15, 0.2) is 0 Å². The van der Waals surface area contributed by atoms with Gasteiger partial charge in [0.05, 0.1) is 0 Å². The van der Waals surface area contributed by atoms with Gasteiger partial charge < -0.3 is 26.5 Å². The highest BCUT2D eigenvalue weighted by Crippen LogP contribution is 2.40. The third kappa shape index (κ3) is 6.00. The number of anilines is 1. The SMILES string of the molecule is C=CC=O.CCN(C)CC1CCCC1c1cc(/C=C(\N)c2ccccc2O)c(N)[nH]1. The molecule has 30 heavy (non-hydrogen) atoms. The molecular formula is C24H34N4O2. The highest BCUT2D eigenvalue weighted by molar-refractivity contribution is 5.84. The lowest BCUT2D eigenvalue weighted by Crippen LogP contribution is -2.26. The quantitative estimate of drug-likeness (QED) is 0.408. The van der Waals surface area contributed by atoms with Crippen molar-refractivity contribution in [2.45, 2.75) is 32.1 Å². The van der Waals surface area contributed by atoms with E-state index in [1.54, 1.807) is 18.2 Å². The number of aromatic hydroxyl groups is 1. The van der Waals surface area contributed by atoms with Crippen molar-refractivity contribution in [2.24, 2.45) is 11.7 Å². The first-order valence-electron chi connectivity index (χ1n) is 10.4. The van der Waals surface area contributed by atoms with Crippen molar-refractivity contribution in [1.82, 2.24) is 9.88 Å². The summed E-state index contributed by atoms with van der Waals surface area (Å²) in [6, 6.07) is 9.20. The minimum atomic E-state index is 0.175. The van der Waals surface area contributed by atoms with Crippen LogP contribution in [0.1, 0.15) is 48.9 Å². The van der Waals surface area contributed by atoms with Crippen LogP contribution in [0.15, 0.2) is 43.0 Å². The minimum absolute atomic E-state index is 0.175. The molecule has 1 aromatic heterocycles. The summed E-state index contributed by atoms with van der Waals surface area (Å²) in [4.78, 5) is 14.8. The molecule has 0 spiro atoms. The number of aldehydes is 1. The zero-order chi connectivity index (χ0) is 22.1. The molecule has 1 aromatic carbocycles. The van der Waals surface area contributed by atoms with Gasteiger partial charge in [0.25, 0.3) is 0 Å². The normalized spacial score (nSPS) is 18.7. The van der Waals surface area contributed by atoms with Crippen molar-refractivity contribution >= 4 is 23.9 Å². The average Bonchev–Trinajstić information content (AvgIpc) is 3.34. The molecule has 2 aromatic rings. The van der Waals surface area contributed by atoms with Crippen LogP contribution in [0.2, 0.25) is 0 Å². The second-order valence-corrected chi connectivity index (χ2v) is 7.73. The highest BCUT2D eigenvalue weighted by atomic mass is 16.3. The summed E-state index contributed by atoms with van der Waals surface area (Å²) in [6.45, 7) is 7.49. The molecule has 0 radical (unpaired) electrons. The van der Waals surface area contributed by atoms with Gasteiger partial charge in [-0.2, -0.15) is 0 Å². The fourth-order valence-corrected chi connectivity index (χ4v) is 3.99. The molecule has 2 atom stereocenters. The standard InChI is InChI=1S/C21H30N4O.C3H4O/c1-3-25(2)13-14-7-6-9-16(14)19-12-15(21(23)24-19)11-18(22)17-8-4-5-10-20(17)26;1-2-3-4/h4-5,8,10-12,14,16,24,26H,3,6-7,9,13,22-23H2,1-2H3;2-3H,1H2/b18-11-;. The maximum absolute atomic E-state index is 9.98. The number of hydrogen-bond acceptors (Lipinski definition) is 5. The van der Waals surface area contributed by atoms with E-state index in [4.69, 9.17) is 16.3 Å². The van der Waals surface area contributed by atoms with E-state index in [0.29, 0.717) is 35.2 Å². The number of nitrogens with one attached hydrogen (secondary N) is 1. The first-order valence-corrected chi connectivity index (χ1v) is 10.4. The van der Waals surface area contributed by atoms with Crippen LogP contribution in [0.25, 0.3) is 11.8 Å². The number of phenols is 1. The third-order valence-corrected chi connectivity index (χ3v) is 5.67. The number of H-pyrrole nitrogens is 1. The molecule has 1 aliphatic rings. The Morgan fingerprint density at radius 3 is 2.70 bits per heavy atom. The molecule has 0 bridgehead atoms. The van der Waals surface area contributed by atoms with Crippen molar-refractivity contribution in [3.8, 4) is 5.75 Å². The number of allylic oxidation sites excluding steroid dienone is 1. The molecule has 1 heterocycles. The van der Waals surface area contributed by atoms with Crippen molar-refractivity contribution in [3.63, 3.8) is 0 Å². The van der Waals surface area contributed by atoms with Crippen molar-refractivity contribution in [3.05, 3.63) is 59.8 Å². The Morgan fingerprint density at radius 1 is 1.37 bits per heavy atom. The Balaban J connectivity index is 0.000000735. The molecule has 1 aliphatic carbocycles. The monoisotopic (exact) mass is 410 g/mol. The number of para-hydroxylation sites is 1. The lowest BCUT2D eigenvalue weighted by atomic mass is 9.92. The number of aromatic amines is 1. The lowest BCUT2D eigenvalue weighted by molar-refractivity contribution is -0.104. The maximum atomic E-state index is 9.98. The molecule has 1 saturated carbocycles. The number of phenolic OH excluding ortho intramolecular Hbond substituents is 1. The number of carbonyl (C=O) groups is 1. The third-order valence-electron chi connectivity index (χ3n) is 5.67. The van der Waals surface area contributed by atoms with Crippen LogP contribution in [0, 0.1) is 5.92 Å². The molecular weight excluding hydrogens is 376 g/mol. The second kappa shape index (κ2) is 11.3. The number of benzene rings is 1. The maximum Gasteiger partial charge on any atom is 0.142 e. The van der Waals surface area contributed by atoms with Gasteiger partial charge in [0.1, 0.15) is 17.9 Å². The Morgan fingerprint density at radius 2 is 2.07 bits per heavy atom. The van der Waals surface area contributed by atoms with Crippen molar-refractivity contribution in [2.75, 3.05) is 25.9 Å². The van der Waals surface area contributed by atoms with E-state index < -0.39 is 0 Å². The fraction of sp³-hybridized carbons (Fsp3) is 0.375. The Bertz CT molecular complexity index is 866. The molecule has 1 fully saturated rings. The molecule has 0 saturated heterocycles. The van der Waals surface area contributed by atoms with Crippen molar-refractivity contribution in [1.29, 1.82) is 0 Å². The summed E-state index contributed by atoms with van der Waals surface area (Å²) in [5, 5.41) is 9.98. The van der Waals surface area contributed by atoms with Crippen LogP contribution in [-0.4, -0.2) is 41.4 Å². The van der Waals surface area contributed by atoms with E-state index in [1.807, 2.05) is 12.1 Å². The van der Waals surface area contributed by atoms with E-state index in [0.717, 1.165) is 18.7 Å². The summed E-state index contributed by atoms with van der Waals surface area (Å²) in [6.07, 6.45) is 7.39. The van der Waals surface area contributed by atoms with Crippen LogP contribution in [0.4, 0.5) is 5.82 Å². The first kappa shape index (κ1) is 23.3. The molecule has 2 unspecified atom stereocenters. The van der Waals surface area contributed by atoms with Gasteiger partial charge in [0.2, 0.25) is 0 Å². The van der Waals surface area contributed by atoms with E-state index in [-0.39, 0.29) is 5.75 Å². The smallest absolute Gasteiger partial charge is 0.142 e. The Labute approximate surface area is 179 Å². The molecule has 6 heteroatoms. The molecule has 0 amide bonds. The van der Waals surface area contributed by atoms with Gasteiger partial charge in [-0.1, -0.05) is 32.1 Å². The summed E-state index contributed by atoms with van der Waals surface area (Å²) < 4.78 is 0. The van der Waals surface area contributed by atoms with Gasteiger partial charge in [-0.15, -0.1) is 0 Å². The van der Waals surface area contributed by atoms with Crippen LogP contribution in [-0.2, 0) is 4.79 Å². The van der Waals surface area contributed by atoms with Crippen LogP contribution in [0.3, 0.4) is 0 Å². The van der Waals surface area contributed by atoms with Gasteiger partial charge in [0, 0.05) is 35.0 Å². The van der Waals surface area contributed by atoms with E-state index in [1.165, 1.54) is 31.0 Å². The summed E-state index contributed by atoms with van der Waals surface area (Å²) in [7, 11) is 2.18. The largest absolute Gasteiger partial charge is 0.507 e. The zero-order valence-corrected chi connectivity index (χ0v) is 18.0. The summed E-state index contributed by atoms with van der Waals surface area (Å²) >= 11 is 0. The second-order valence-electron chi connectivity index (χ2n) is 7.73. The van der Waals surface area contributed by atoms with E-state index in [9.17, 15) is 5.11 Å². The molecule has 0 aliphatic heterocycles. The number of rotatable bonds is 7. The van der Waals surface area contributed by atoms with Crippen LogP contribution < -0.4 is 11.5 Å². The number of nitrogens with zero attached hydrogens (tertiary/aromatic N) is 1. The van der Waals surface area contributed by atoms with E-state index >= 15 is 0 Å².